The summed E-state index contributed by atoms with van der Waals surface area (Å²) in [4.78, 5) is 45.2. The monoisotopic (exact) mass is 658 g/mol. The Balaban J connectivity index is 0.996. The second kappa shape index (κ2) is 12.9. The third-order valence-electron chi connectivity index (χ3n) is 10.4. The van der Waals surface area contributed by atoms with E-state index in [-0.39, 0.29) is 36.5 Å². The molecule has 0 aliphatic carbocycles. The molecule has 4 aromatic rings. The quantitative estimate of drug-likeness (QED) is 0.269. The van der Waals surface area contributed by atoms with Gasteiger partial charge < -0.3 is 29.7 Å². The number of rotatable bonds is 7. The summed E-state index contributed by atoms with van der Waals surface area (Å²) in [5.41, 5.74) is 4.38. The van der Waals surface area contributed by atoms with Gasteiger partial charge in [-0.2, -0.15) is 0 Å². The minimum atomic E-state index is -0.678. The van der Waals surface area contributed by atoms with E-state index in [1.807, 2.05) is 54.6 Å². The van der Waals surface area contributed by atoms with Crippen molar-refractivity contribution in [2.45, 2.75) is 49.9 Å². The van der Waals surface area contributed by atoms with E-state index in [0.717, 1.165) is 35.5 Å². The average molecular weight is 659 g/mol. The number of hydrogen-bond donors (Lipinski definition) is 2. The van der Waals surface area contributed by atoms with Crippen LogP contribution < -0.4 is 15.1 Å². The van der Waals surface area contributed by atoms with Crippen LogP contribution in [0.4, 0.5) is 11.4 Å². The molecule has 0 unspecified atom stereocenters. The highest BCUT2D eigenvalue weighted by molar-refractivity contribution is 6.34. The lowest BCUT2D eigenvalue weighted by Crippen LogP contribution is -2.57. The number of likely N-dealkylation sites (tertiary alicyclic amines) is 1. The van der Waals surface area contributed by atoms with E-state index in [4.69, 9.17) is 9.47 Å². The Morgan fingerprint density at radius 3 is 2.02 bits per heavy atom. The number of ether oxygens (including phenoxy) is 2. The van der Waals surface area contributed by atoms with E-state index < -0.39 is 11.8 Å². The van der Waals surface area contributed by atoms with Crippen LogP contribution in [0.1, 0.15) is 69.1 Å². The lowest BCUT2D eigenvalue weighted by atomic mass is 9.85. The number of piperidine rings is 1. The molecule has 0 radical (unpaired) electrons. The molecule has 3 saturated heterocycles. The van der Waals surface area contributed by atoms with Gasteiger partial charge in [0.05, 0.1) is 42.3 Å². The molecule has 3 atom stereocenters. The largest absolute Gasteiger partial charge is 0.392 e. The highest BCUT2D eigenvalue weighted by Gasteiger charge is 2.50. The summed E-state index contributed by atoms with van der Waals surface area (Å²) in [5, 5.41) is 12.7. The summed E-state index contributed by atoms with van der Waals surface area (Å²) in [6.45, 7) is 2.67. The molecule has 0 bridgehead atoms. The Morgan fingerprint density at radius 2 is 1.37 bits per heavy atom. The van der Waals surface area contributed by atoms with Gasteiger partial charge in [-0.3, -0.25) is 14.4 Å². The van der Waals surface area contributed by atoms with Gasteiger partial charge in [0, 0.05) is 37.3 Å². The minimum Gasteiger partial charge on any atom is -0.392 e. The van der Waals surface area contributed by atoms with Crippen molar-refractivity contribution in [3.8, 4) is 0 Å². The molecule has 0 saturated carbocycles. The zero-order chi connectivity index (χ0) is 33.5. The van der Waals surface area contributed by atoms with Gasteiger partial charge in [-0.15, -0.1) is 0 Å². The number of nitrogens with zero attached hydrogens (tertiary/aromatic N) is 3. The number of aliphatic hydroxyl groups excluding tert-OH is 1. The first-order valence-corrected chi connectivity index (χ1v) is 16.9. The molecule has 49 heavy (non-hydrogen) atoms. The van der Waals surface area contributed by atoms with Crippen LogP contribution in [0.2, 0.25) is 0 Å². The molecule has 4 aliphatic rings. The molecule has 0 aromatic heterocycles. The van der Waals surface area contributed by atoms with Gasteiger partial charge in [-0.05, 0) is 60.4 Å². The van der Waals surface area contributed by atoms with Crippen LogP contribution in [0, 0.1) is 0 Å². The second-order valence-electron chi connectivity index (χ2n) is 13.2. The standard InChI is InChI=1S/C39H38N4O6/c44-24-26-10-12-27(13-11-26)34-22-31(23-41-20-18-39(19-21-41)38(47)40-25-42(39)29-6-2-1-3-7-29)48-37(49-34)28-14-16-30(17-15-28)43-35(45)32-8-4-5-9-33(32)36(43)46/h1-17,31,34,37,44H,18-25H2,(H,40,47)/t31-,34+,37+/m1/s1. The molecule has 10 heteroatoms. The first-order valence-electron chi connectivity index (χ1n) is 16.9. The summed E-state index contributed by atoms with van der Waals surface area (Å²) >= 11 is 0. The maximum atomic E-state index is 13.2. The van der Waals surface area contributed by atoms with Gasteiger partial charge in [0.2, 0.25) is 5.91 Å². The Bertz CT molecular complexity index is 1820. The number of carbonyl (C=O) groups excluding carboxylic acids is 3. The number of carbonyl (C=O) groups is 3. The van der Waals surface area contributed by atoms with Crippen molar-refractivity contribution in [1.82, 2.24) is 10.2 Å². The van der Waals surface area contributed by atoms with Crippen molar-refractivity contribution in [3.05, 3.63) is 131 Å². The fourth-order valence-corrected chi connectivity index (χ4v) is 7.66. The fourth-order valence-electron chi connectivity index (χ4n) is 7.66. The normalized spacial score (nSPS) is 23.6. The summed E-state index contributed by atoms with van der Waals surface area (Å²) < 4.78 is 13.2. The Kier molecular flexibility index (Phi) is 8.25. The summed E-state index contributed by atoms with van der Waals surface area (Å²) in [6.07, 6.45) is 0.979. The maximum Gasteiger partial charge on any atom is 0.266 e. The molecule has 4 heterocycles. The van der Waals surface area contributed by atoms with Crippen molar-refractivity contribution in [2.24, 2.45) is 0 Å². The Labute approximate surface area is 284 Å². The van der Waals surface area contributed by atoms with Gasteiger partial charge in [-0.25, -0.2) is 4.90 Å². The third-order valence-corrected chi connectivity index (χ3v) is 10.4. The average Bonchev–Trinajstić information content (AvgIpc) is 3.60. The SMILES string of the molecule is O=C1c2ccccc2C(=O)N1c1ccc([C@H]2O[C@@H](CN3CCC4(CC3)C(=O)NCN4c3ccccc3)C[C@@H](c3ccc(CO)cc3)O2)cc1. The smallest absolute Gasteiger partial charge is 0.266 e. The molecule has 3 amide bonds. The maximum absolute atomic E-state index is 13.2. The van der Waals surface area contributed by atoms with Gasteiger partial charge in [0.1, 0.15) is 5.54 Å². The lowest BCUT2D eigenvalue weighted by Gasteiger charge is -2.45. The molecule has 8 rings (SSSR count). The molecular formula is C39H38N4O6. The van der Waals surface area contributed by atoms with Crippen LogP contribution in [-0.4, -0.2) is 65.7 Å². The first kappa shape index (κ1) is 31.4. The van der Waals surface area contributed by atoms with Crippen molar-refractivity contribution in [2.75, 3.05) is 36.1 Å². The minimum absolute atomic E-state index is 0.0320. The van der Waals surface area contributed by atoms with E-state index in [9.17, 15) is 19.5 Å². The molecular weight excluding hydrogens is 620 g/mol. The van der Waals surface area contributed by atoms with E-state index in [1.165, 1.54) is 4.90 Å². The number of para-hydroxylation sites is 1. The highest BCUT2D eigenvalue weighted by Crippen LogP contribution is 2.41. The van der Waals surface area contributed by atoms with Crippen LogP contribution in [0.5, 0.6) is 0 Å². The van der Waals surface area contributed by atoms with Crippen LogP contribution in [0.25, 0.3) is 0 Å². The zero-order valence-corrected chi connectivity index (χ0v) is 27.0. The predicted octanol–water partition coefficient (Wildman–Crippen LogP) is 4.95. The van der Waals surface area contributed by atoms with Gasteiger partial charge >= 0.3 is 0 Å². The zero-order valence-electron chi connectivity index (χ0n) is 27.0. The Hall–Kier alpha value is -4.87. The number of aliphatic hydroxyl groups is 1. The number of benzene rings is 4. The van der Waals surface area contributed by atoms with E-state index >= 15 is 0 Å². The molecule has 10 nitrogen and oxygen atoms in total. The third kappa shape index (κ3) is 5.70. The van der Waals surface area contributed by atoms with Crippen molar-refractivity contribution < 1.29 is 29.0 Å². The van der Waals surface area contributed by atoms with Crippen LogP contribution >= 0.6 is 0 Å². The number of fused-ring (bicyclic) bond motifs is 1. The molecule has 250 valence electrons. The molecule has 4 aromatic carbocycles. The van der Waals surface area contributed by atoms with Crippen LogP contribution in [0.15, 0.2) is 103 Å². The summed E-state index contributed by atoms with van der Waals surface area (Å²) in [7, 11) is 0. The fraction of sp³-hybridized carbons (Fsp3) is 0.308. The summed E-state index contributed by atoms with van der Waals surface area (Å²) in [5.74, 6) is -0.583. The van der Waals surface area contributed by atoms with Crippen LogP contribution in [0.3, 0.4) is 0 Å². The lowest BCUT2D eigenvalue weighted by molar-refractivity contribution is -0.253. The second-order valence-corrected chi connectivity index (χ2v) is 13.2. The van der Waals surface area contributed by atoms with Crippen molar-refractivity contribution in [1.29, 1.82) is 0 Å². The first-order chi connectivity index (χ1) is 23.9. The van der Waals surface area contributed by atoms with Crippen molar-refractivity contribution >= 4 is 29.1 Å². The number of hydrogen-bond acceptors (Lipinski definition) is 8. The van der Waals surface area contributed by atoms with Gasteiger partial charge in [-0.1, -0.05) is 66.7 Å². The van der Waals surface area contributed by atoms with Gasteiger partial charge in [0.25, 0.3) is 11.8 Å². The predicted molar refractivity (Wildman–Crippen MR) is 183 cm³/mol. The van der Waals surface area contributed by atoms with E-state index in [0.29, 0.717) is 49.3 Å². The van der Waals surface area contributed by atoms with Gasteiger partial charge in [0.15, 0.2) is 6.29 Å². The molecule has 3 fully saturated rings. The Morgan fingerprint density at radius 1 is 0.735 bits per heavy atom. The number of imide groups is 1. The molecule has 1 spiro atoms. The molecule has 2 N–H and O–H groups in total. The molecule has 4 aliphatic heterocycles. The summed E-state index contributed by atoms with van der Waals surface area (Å²) in [6, 6.07) is 32.0. The van der Waals surface area contributed by atoms with Crippen molar-refractivity contribution in [3.63, 3.8) is 0 Å². The van der Waals surface area contributed by atoms with E-state index in [2.05, 4.69) is 27.2 Å². The number of anilines is 2. The topological polar surface area (TPSA) is 112 Å². The van der Waals surface area contributed by atoms with E-state index in [1.54, 1.807) is 36.4 Å². The van der Waals surface area contributed by atoms with Crippen LogP contribution in [-0.2, 0) is 20.9 Å². The number of nitrogens with one attached hydrogen (secondary N) is 1. The number of amides is 3. The highest BCUT2D eigenvalue weighted by atomic mass is 16.7.